The Kier molecular flexibility index (Phi) is 5.71. The smallest absolute Gasteiger partial charge is 0.258 e. The van der Waals surface area contributed by atoms with Crippen LogP contribution in [0.2, 0.25) is 0 Å². The van der Waals surface area contributed by atoms with Crippen molar-refractivity contribution in [3.63, 3.8) is 0 Å². The van der Waals surface area contributed by atoms with E-state index in [2.05, 4.69) is 15.6 Å². The first-order valence-electron chi connectivity index (χ1n) is 10.1. The van der Waals surface area contributed by atoms with Gasteiger partial charge in [0.15, 0.2) is 0 Å². The van der Waals surface area contributed by atoms with Crippen LogP contribution >= 0.6 is 0 Å². The Morgan fingerprint density at radius 2 is 1.45 bits per heavy atom. The van der Waals surface area contributed by atoms with E-state index in [-0.39, 0.29) is 11.8 Å². The van der Waals surface area contributed by atoms with Crippen LogP contribution in [0.3, 0.4) is 0 Å². The molecule has 0 aliphatic carbocycles. The fraction of sp³-hybridized carbons (Fsp3) is 0.120. The molecule has 0 atom stereocenters. The number of fused-ring (bicyclic) bond motifs is 1. The lowest BCUT2D eigenvalue weighted by molar-refractivity contribution is 0.102. The highest BCUT2D eigenvalue weighted by atomic mass is 16.5. The second-order valence-electron chi connectivity index (χ2n) is 7.11. The quantitative estimate of drug-likeness (QED) is 0.397. The van der Waals surface area contributed by atoms with E-state index in [0.29, 0.717) is 29.1 Å². The van der Waals surface area contributed by atoms with Gasteiger partial charge < -0.3 is 20.4 Å². The molecule has 0 aliphatic rings. The van der Waals surface area contributed by atoms with E-state index in [1.807, 2.05) is 50.2 Å². The Balaban J connectivity index is 1.43. The van der Waals surface area contributed by atoms with Gasteiger partial charge in [0.05, 0.1) is 12.2 Å². The highest BCUT2D eigenvalue weighted by Crippen LogP contribution is 2.23. The molecule has 0 saturated heterocycles. The number of carbonyl (C=O) groups is 2. The van der Waals surface area contributed by atoms with Crippen LogP contribution in [0.15, 0.2) is 72.8 Å². The van der Waals surface area contributed by atoms with Gasteiger partial charge in [0.2, 0.25) is 0 Å². The van der Waals surface area contributed by atoms with E-state index < -0.39 is 0 Å². The van der Waals surface area contributed by atoms with E-state index in [1.165, 1.54) is 0 Å². The van der Waals surface area contributed by atoms with E-state index in [1.54, 1.807) is 36.4 Å². The molecular weight excluding hydrogens is 390 g/mol. The summed E-state index contributed by atoms with van der Waals surface area (Å²) in [6, 6.07) is 21.7. The van der Waals surface area contributed by atoms with Crippen LogP contribution in [0.5, 0.6) is 5.75 Å². The van der Waals surface area contributed by atoms with Crippen LogP contribution in [0, 0.1) is 6.92 Å². The molecule has 156 valence electrons. The lowest BCUT2D eigenvalue weighted by Gasteiger charge is -2.09. The van der Waals surface area contributed by atoms with Crippen molar-refractivity contribution in [2.75, 3.05) is 17.2 Å². The Hall–Kier alpha value is -4.06. The molecule has 0 saturated carbocycles. The van der Waals surface area contributed by atoms with E-state index in [0.717, 1.165) is 22.3 Å². The van der Waals surface area contributed by atoms with Crippen molar-refractivity contribution < 1.29 is 14.3 Å². The largest absolute Gasteiger partial charge is 0.494 e. The number of carbonyl (C=O) groups excluding carboxylic acids is 2. The van der Waals surface area contributed by atoms with E-state index >= 15 is 0 Å². The third-order valence-electron chi connectivity index (χ3n) is 4.95. The number of ether oxygens (including phenoxy) is 1. The molecule has 4 rings (SSSR count). The molecule has 2 amide bonds. The SMILES string of the molecule is CCOc1ccc(NC(=O)c2ccc(NC(=O)c3c(C)[nH]c4ccccc34)cc2)cc1. The molecule has 3 N–H and O–H groups in total. The predicted octanol–water partition coefficient (Wildman–Crippen LogP) is 5.38. The Bertz CT molecular complexity index is 1230. The van der Waals surface area contributed by atoms with Crippen LogP contribution in [-0.4, -0.2) is 23.4 Å². The summed E-state index contributed by atoms with van der Waals surface area (Å²) >= 11 is 0. The van der Waals surface area contributed by atoms with Crippen LogP contribution in [0.1, 0.15) is 33.3 Å². The lowest BCUT2D eigenvalue weighted by atomic mass is 10.1. The molecular formula is C25H23N3O3. The monoisotopic (exact) mass is 413 g/mol. The van der Waals surface area contributed by atoms with Gasteiger partial charge in [-0.3, -0.25) is 9.59 Å². The number of para-hydroxylation sites is 1. The lowest BCUT2D eigenvalue weighted by Crippen LogP contribution is -2.14. The Labute approximate surface area is 180 Å². The zero-order valence-corrected chi connectivity index (χ0v) is 17.4. The fourth-order valence-electron chi connectivity index (χ4n) is 3.47. The number of aromatic amines is 1. The number of anilines is 2. The minimum absolute atomic E-state index is 0.193. The highest BCUT2D eigenvalue weighted by molar-refractivity contribution is 6.14. The summed E-state index contributed by atoms with van der Waals surface area (Å²) in [5.74, 6) is 0.335. The van der Waals surface area contributed by atoms with Gasteiger partial charge in [0.25, 0.3) is 11.8 Å². The number of amides is 2. The predicted molar refractivity (Wildman–Crippen MR) is 123 cm³/mol. The second kappa shape index (κ2) is 8.75. The molecule has 3 aromatic carbocycles. The number of rotatable bonds is 6. The van der Waals surface area contributed by atoms with Crippen molar-refractivity contribution in [3.8, 4) is 5.75 Å². The summed E-state index contributed by atoms with van der Waals surface area (Å²) in [6.45, 7) is 4.39. The molecule has 0 fully saturated rings. The molecule has 6 nitrogen and oxygen atoms in total. The molecule has 0 unspecified atom stereocenters. The van der Waals surface area contributed by atoms with E-state index in [4.69, 9.17) is 4.74 Å². The van der Waals surface area contributed by atoms with Crippen molar-refractivity contribution in [1.29, 1.82) is 0 Å². The number of aryl methyl sites for hydroxylation is 1. The normalized spacial score (nSPS) is 10.6. The maximum absolute atomic E-state index is 12.8. The third kappa shape index (κ3) is 4.43. The summed E-state index contributed by atoms with van der Waals surface area (Å²) in [7, 11) is 0. The van der Waals surface area contributed by atoms with Gasteiger partial charge in [-0.1, -0.05) is 18.2 Å². The number of hydrogen-bond donors (Lipinski definition) is 3. The van der Waals surface area contributed by atoms with Gasteiger partial charge >= 0.3 is 0 Å². The molecule has 4 aromatic rings. The number of benzene rings is 3. The van der Waals surface area contributed by atoms with Gasteiger partial charge in [-0.25, -0.2) is 0 Å². The van der Waals surface area contributed by atoms with Crippen LogP contribution < -0.4 is 15.4 Å². The Morgan fingerprint density at radius 1 is 0.839 bits per heavy atom. The third-order valence-corrected chi connectivity index (χ3v) is 4.95. The zero-order valence-electron chi connectivity index (χ0n) is 17.4. The molecule has 31 heavy (non-hydrogen) atoms. The fourth-order valence-corrected chi connectivity index (χ4v) is 3.47. The number of nitrogens with one attached hydrogen (secondary N) is 3. The van der Waals surface area contributed by atoms with Gasteiger partial charge in [-0.05, 0) is 68.4 Å². The number of hydrogen-bond acceptors (Lipinski definition) is 3. The summed E-state index contributed by atoms with van der Waals surface area (Å²) in [4.78, 5) is 28.6. The van der Waals surface area contributed by atoms with Gasteiger partial charge in [-0.2, -0.15) is 0 Å². The average Bonchev–Trinajstić information content (AvgIpc) is 3.11. The Morgan fingerprint density at radius 3 is 2.13 bits per heavy atom. The minimum atomic E-state index is -0.227. The topological polar surface area (TPSA) is 83.2 Å². The molecule has 1 heterocycles. The first-order valence-corrected chi connectivity index (χ1v) is 10.1. The summed E-state index contributed by atoms with van der Waals surface area (Å²) in [6.07, 6.45) is 0. The summed E-state index contributed by atoms with van der Waals surface area (Å²) < 4.78 is 5.40. The summed E-state index contributed by atoms with van der Waals surface area (Å²) in [5.41, 5.74) is 4.15. The van der Waals surface area contributed by atoms with Crippen LogP contribution in [0.4, 0.5) is 11.4 Å². The highest BCUT2D eigenvalue weighted by Gasteiger charge is 2.16. The van der Waals surface area contributed by atoms with E-state index in [9.17, 15) is 9.59 Å². The van der Waals surface area contributed by atoms with Crippen molar-refractivity contribution in [1.82, 2.24) is 4.98 Å². The summed E-state index contributed by atoms with van der Waals surface area (Å²) in [5, 5.41) is 6.64. The average molecular weight is 413 g/mol. The first-order chi connectivity index (χ1) is 15.0. The molecule has 0 spiro atoms. The van der Waals surface area contributed by atoms with Crippen molar-refractivity contribution in [2.24, 2.45) is 0 Å². The number of aromatic nitrogens is 1. The second-order valence-corrected chi connectivity index (χ2v) is 7.11. The van der Waals surface area contributed by atoms with Gasteiger partial charge in [0.1, 0.15) is 5.75 Å². The van der Waals surface area contributed by atoms with Gasteiger partial charge in [-0.15, -0.1) is 0 Å². The van der Waals surface area contributed by atoms with Crippen molar-refractivity contribution in [2.45, 2.75) is 13.8 Å². The van der Waals surface area contributed by atoms with Crippen molar-refractivity contribution >= 4 is 34.1 Å². The molecule has 6 heteroatoms. The van der Waals surface area contributed by atoms with Crippen molar-refractivity contribution in [3.05, 3.63) is 89.6 Å². The van der Waals surface area contributed by atoms with Crippen LogP contribution in [-0.2, 0) is 0 Å². The molecule has 0 aliphatic heterocycles. The standard InChI is InChI=1S/C25H23N3O3/c1-3-31-20-14-12-19(13-15-20)27-24(29)17-8-10-18(11-9-17)28-25(30)23-16(2)26-22-7-5-4-6-21(22)23/h4-15,26H,3H2,1-2H3,(H,27,29)(H,28,30). The molecule has 0 bridgehead atoms. The molecule has 1 aromatic heterocycles. The van der Waals surface area contributed by atoms with Crippen LogP contribution in [0.25, 0.3) is 10.9 Å². The minimum Gasteiger partial charge on any atom is -0.494 e. The number of H-pyrrole nitrogens is 1. The maximum Gasteiger partial charge on any atom is 0.258 e. The zero-order chi connectivity index (χ0) is 21.8. The molecule has 0 radical (unpaired) electrons. The van der Waals surface area contributed by atoms with Gasteiger partial charge in [0, 0.05) is 33.5 Å². The maximum atomic E-state index is 12.8. The first kappa shape index (κ1) is 20.2.